The third-order valence-corrected chi connectivity index (χ3v) is 5.21. The van der Waals surface area contributed by atoms with Crippen molar-refractivity contribution in [2.24, 2.45) is 5.16 Å². The maximum Gasteiger partial charge on any atom is 0.227 e. The SMILES string of the molecule is CCCN(CC1CC(c2ccc(OC)cc2)=NO1)C(=O)Cc1cccs1. The van der Waals surface area contributed by atoms with Gasteiger partial charge in [0.25, 0.3) is 0 Å². The fourth-order valence-electron chi connectivity index (χ4n) is 2.99. The van der Waals surface area contributed by atoms with E-state index in [9.17, 15) is 4.79 Å². The topological polar surface area (TPSA) is 51.1 Å². The first-order valence-electron chi connectivity index (χ1n) is 8.87. The second-order valence-corrected chi connectivity index (χ2v) is 7.33. The highest BCUT2D eigenvalue weighted by Crippen LogP contribution is 2.20. The van der Waals surface area contributed by atoms with Gasteiger partial charge >= 0.3 is 0 Å². The van der Waals surface area contributed by atoms with Crippen LogP contribution in [0.15, 0.2) is 46.9 Å². The lowest BCUT2D eigenvalue weighted by atomic mass is 10.0. The lowest BCUT2D eigenvalue weighted by Crippen LogP contribution is -2.39. The molecular formula is C20H24N2O3S. The van der Waals surface area contributed by atoms with Crippen LogP contribution in [0, 0.1) is 0 Å². The minimum Gasteiger partial charge on any atom is -0.497 e. The molecule has 2 heterocycles. The molecule has 3 rings (SSSR count). The van der Waals surface area contributed by atoms with Crippen molar-refractivity contribution in [3.8, 4) is 5.75 Å². The molecule has 1 atom stereocenters. The highest BCUT2D eigenvalue weighted by molar-refractivity contribution is 7.10. The molecule has 1 aliphatic heterocycles. The van der Waals surface area contributed by atoms with Crippen LogP contribution in [0.5, 0.6) is 5.75 Å². The van der Waals surface area contributed by atoms with E-state index in [-0.39, 0.29) is 12.0 Å². The first kappa shape index (κ1) is 18.5. The Labute approximate surface area is 158 Å². The zero-order valence-electron chi connectivity index (χ0n) is 15.2. The van der Waals surface area contributed by atoms with Crippen LogP contribution in [0.4, 0.5) is 0 Å². The Morgan fingerprint density at radius 2 is 2.15 bits per heavy atom. The Bertz CT molecular complexity index is 741. The van der Waals surface area contributed by atoms with Crippen LogP contribution >= 0.6 is 11.3 Å². The summed E-state index contributed by atoms with van der Waals surface area (Å²) in [7, 11) is 1.65. The van der Waals surface area contributed by atoms with Crippen molar-refractivity contribution in [3.05, 3.63) is 52.2 Å². The lowest BCUT2D eigenvalue weighted by molar-refractivity contribution is -0.132. The predicted molar refractivity (Wildman–Crippen MR) is 104 cm³/mol. The summed E-state index contributed by atoms with van der Waals surface area (Å²) >= 11 is 1.62. The number of hydrogen-bond donors (Lipinski definition) is 0. The van der Waals surface area contributed by atoms with E-state index in [1.165, 1.54) is 0 Å². The molecule has 6 heteroatoms. The smallest absolute Gasteiger partial charge is 0.227 e. The van der Waals surface area contributed by atoms with Gasteiger partial charge in [0.05, 0.1) is 25.8 Å². The Morgan fingerprint density at radius 3 is 2.81 bits per heavy atom. The summed E-state index contributed by atoms with van der Waals surface area (Å²) in [5, 5.41) is 6.23. The van der Waals surface area contributed by atoms with Gasteiger partial charge in [0.15, 0.2) is 6.10 Å². The van der Waals surface area contributed by atoms with Gasteiger partial charge in [0, 0.05) is 17.8 Å². The third kappa shape index (κ3) is 4.64. The lowest BCUT2D eigenvalue weighted by Gasteiger charge is -2.24. The van der Waals surface area contributed by atoms with Crippen molar-refractivity contribution < 1.29 is 14.4 Å². The minimum atomic E-state index is -0.0917. The Hall–Kier alpha value is -2.34. The molecular weight excluding hydrogens is 348 g/mol. The first-order chi connectivity index (χ1) is 12.7. The summed E-state index contributed by atoms with van der Waals surface area (Å²) in [6, 6.07) is 11.8. The van der Waals surface area contributed by atoms with Gasteiger partial charge in [-0.25, -0.2) is 0 Å². The first-order valence-corrected chi connectivity index (χ1v) is 9.74. The van der Waals surface area contributed by atoms with E-state index >= 15 is 0 Å². The van der Waals surface area contributed by atoms with Crippen LogP contribution in [-0.4, -0.2) is 42.8 Å². The van der Waals surface area contributed by atoms with Gasteiger partial charge in [-0.05, 0) is 47.7 Å². The third-order valence-electron chi connectivity index (χ3n) is 4.33. The second-order valence-electron chi connectivity index (χ2n) is 6.29. The van der Waals surface area contributed by atoms with Gasteiger partial charge in [-0.2, -0.15) is 0 Å². The van der Waals surface area contributed by atoms with Gasteiger partial charge in [0.1, 0.15) is 5.75 Å². The van der Waals surface area contributed by atoms with Crippen molar-refractivity contribution in [2.75, 3.05) is 20.2 Å². The predicted octanol–water partition coefficient (Wildman–Crippen LogP) is 3.73. The van der Waals surface area contributed by atoms with E-state index in [4.69, 9.17) is 9.57 Å². The number of thiophene rings is 1. The molecule has 1 aliphatic rings. The monoisotopic (exact) mass is 372 g/mol. The van der Waals surface area contributed by atoms with Gasteiger partial charge in [-0.3, -0.25) is 4.79 Å². The molecule has 2 aromatic rings. The highest BCUT2D eigenvalue weighted by Gasteiger charge is 2.26. The maximum atomic E-state index is 12.6. The molecule has 0 radical (unpaired) electrons. The summed E-state index contributed by atoms with van der Waals surface area (Å²) in [5.41, 5.74) is 1.94. The van der Waals surface area contributed by atoms with Crippen molar-refractivity contribution in [3.63, 3.8) is 0 Å². The zero-order valence-corrected chi connectivity index (χ0v) is 16.0. The fraction of sp³-hybridized carbons (Fsp3) is 0.400. The Kier molecular flexibility index (Phi) is 6.28. The van der Waals surface area contributed by atoms with Crippen molar-refractivity contribution >= 4 is 23.0 Å². The Balaban J connectivity index is 1.57. The molecule has 0 bridgehead atoms. The average Bonchev–Trinajstić information content (AvgIpc) is 3.33. The molecule has 1 aromatic carbocycles. The van der Waals surface area contributed by atoms with E-state index in [2.05, 4.69) is 12.1 Å². The maximum absolute atomic E-state index is 12.6. The number of amides is 1. The van der Waals surface area contributed by atoms with E-state index in [0.717, 1.165) is 34.9 Å². The zero-order chi connectivity index (χ0) is 18.4. The van der Waals surface area contributed by atoms with Crippen LogP contribution in [-0.2, 0) is 16.1 Å². The molecule has 0 N–H and O–H groups in total. The molecule has 0 fully saturated rings. The Morgan fingerprint density at radius 1 is 1.35 bits per heavy atom. The largest absolute Gasteiger partial charge is 0.497 e. The summed E-state index contributed by atoms with van der Waals surface area (Å²) in [5.74, 6) is 0.967. The number of nitrogens with zero attached hydrogens (tertiary/aromatic N) is 2. The number of benzene rings is 1. The van der Waals surface area contributed by atoms with Gasteiger partial charge < -0.3 is 14.5 Å². The van der Waals surface area contributed by atoms with Crippen LogP contribution in [0.3, 0.4) is 0 Å². The molecule has 1 aromatic heterocycles. The normalized spacial score (nSPS) is 16.1. The van der Waals surface area contributed by atoms with Gasteiger partial charge in [0.2, 0.25) is 5.91 Å². The standard InChI is InChI=1S/C20H24N2O3S/c1-3-10-22(20(23)13-18-5-4-11-26-18)14-17-12-19(21-25-17)15-6-8-16(24-2)9-7-15/h4-9,11,17H,3,10,12-14H2,1-2H3. The summed E-state index contributed by atoms with van der Waals surface area (Å²) in [6.07, 6.45) is 2.00. The number of ether oxygens (including phenoxy) is 1. The number of methoxy groups -OCH3 is 1. The van der Waals surface area contributed by atoms with Crippen molar-refractivity contribution in [1.82, 2.24) is 4.90 Å². The molecule has 0 spiro atoms. The van der Waals surface area contributed by atoms with E-state index < -0.39 is 0 Å². The molecule has 26 heavy (non-hydrogen) atoms. The van der Waals surface area contributed by atoms with Crippen molar-refractivity contribution in [2.45, 2.75) is 32.3 Å². The number of rotatable bonds is 8. The molecule has 5 nitrogen and oxygen atoms in total. The van der Waals surface area contributed by atoms with E-state index in [1.54, 1.807) is 18.4 Å². The van der Waals surface area contributed by atoms with Gasteiger partial charge in [-0.15, -0.1) is 11.3 Å². The number of carbonyl (C=O) groups is 1. The van der Waals surface area contributed by atoms with Crippen LogP contribution in [0.1, 0.15) is 30.2 Å². The molecule has 0 aliphatic carbocycles. The number of carbonyl (C=O) groups excluding carboxylic acids is 1. The number of oxime groups is 1. The molecule has 0 saturated heterocycles. The van der Waals surface area contributed by atoms with Crippen LogP contribution in [0.2, 0.25) is 0 Å². The van der Waals surface area contributed by atoms with E-state index in [1.807, 2.05) is 46.7 Å². The highest BCUT2D eigenvalue weighted by atomic mass is 32.1. The van der Waals surface area contributed by atoms with E-state index in [0.29, 0.717) is 19.4 Å². The van der Waals surface area contributed by atoms with Gasteiger partial charge in [-0.1, -0.05) is 18.1 Å². The number of hydrogen-bond acceptors (Lipinski definition) is 5. The molecule has 1 unspecified atom stereocenters. The minimum absolute atomic E-state index is 0.0917. The summed E-state index contributed by atoms with van der Waals surface area (Å²) in [4.78, 5) is 21.2. The van der Waals surface area contributed by atoms with Crippen LogP contribution in [0.25, 0.3) is 0 Å². The summed E-state index contributed by atoms with van der Waals surface area (Å²) in [6.45, 7) is 3.39. The van der Waals surface area contributed by atoms with Crippen molar-refractivity contribution in [1.29, 1.82) is 0 Å². The van der Waals surface area contributed by atoms with Crippen LogP contribution < -0.4 is 4.74 Å². The molecule has 138 valence electrons. The molecule has 1 amide bonds. The molecule has 0 saturated carbocycles. The average molecular weight is 372 g/mol. The fourth-order valence-corrected chi connectivity index (χ4v) is 3.68. The quantitative estimate of drug-likeness (QED) is 0.709. The summed E-state index contributed by atoms with van der Waals surface area (Å²) < 4.78 is 5.19. The second kappa shape index (κ2) is 8.85.